The molecule has 1 aliphatic heterocycles. The number of fused-ring (bicyclic) bond motifs is 1. The first kappa shape index (κ1) is 23.7. The number of aromatic nitrogens is 5. The average molecular weight is 494 g/mol. The zero-order valence-electron chi connectivity index (χ0n) is 21.1. The summed E-state index contributed by atoms with van der Waals surface area (Å²) in [5, 5.41) is 4.81. The molecule has 9 nitrogen and oxygen atoms in total. The minimum absolute atomic E-state index is 0.0490. The molecule has 35 heavy (non-hydrogen) atoms. The van der Waals surface area contributed by atoms with Gasteiger partial charge < -0.3 is 20.9 Å². The van der Waals surface area contributed by atoms with Crippen LogP contribution in [0.3, 0.4) is 0 Å². The van der Waals surface area contributed by atoms with Crippen molar-refractivity contribution in [1.82, 2.24) is 24.9 Å². The van der Waals surface area contributed by atoms with E-state index >= 15 is 0 Å². The lowest BCUT2D eigenvalue weighted by molar-refractivity contribution is 0.416. The van der Waals surface area contributed by atoms with Crippen molar-refractivity contribution in [2.45, 2.75) is 58.8 Å². The van der Waals surface area contributed by atoms with E-state index in [-0.39, 0.29) is 5.41 Å². The highest BCUT2D eigenvalue weighted by molar-refractivity contribution is 7.11. The van der Waals surface area contributed by atoms with E-state index in [0.717, 1.165) is 80.3 Å². The summed E-state index contributed by atoms with van der Waals surface area (Å²) in [7, 11) is 0. The second kappa shape index (κ2) is 9.56. The second-order valence-electron chi connectivity index (χ2n) is 10.1. The van der Waals surface area contributed by atoms with Crippen molar-refractivity contribution < 1.29 is 0 Å². The van der Waals surface area contributed by atoms with E-state index in [2.05, 4.69) is 57.8 Å². The summed E-state index contributed by atoms with van der Waals surface area (Å²) in [5.41, 5.74) is 9.54. The van der Waals surface area contributed by atoms with Crippen molar-refractivity contribution in [3.05, 3.63) is 39.2 Å². The minimum atomic E-state index is 0.0490. The molecule has 1 aliphatic carbocycles. The lowest BCUT2D eigenvalue weighted by Crippen LogP contribution is -2.47. The maximum absolute atomic E-state index is 5.86. The van der Waals surface area contributed by atoms with Gasteiger partial charge in [0, 0.05) is 61.1 Å². The first-order valence-electron chi connectivity index (χ1n) is 12.5. The van der Waals surface area contributed by atoms with Crippen LogP contribution in [0.5, 0.6) is 0 Å². The number of nitrogen functional groups attached to an aromatic ring is 1. The third-order valence-corrected chi connectivity index (χ3v) is 8.20. The fourth-order valence-corrected chi connectivity index (χ4v) is 6.09. The molecule has 0 unspecified atom stereocenters. The number of rotatable bonds is 6. The van der Waals surface area contributed by atoms with Gasteiger partial charge in [-0.25, -0.2) is 19.9 Å². The second-order valence-corrected chi connectivity index (χ2v) is 11.4. The minimum Gasteiger partial charge on any atom is -0.384 e. The van der Waals surface area contributed by atoms with Gasteiger partial charge in [0.05, 0.1) is 16.4 Å². The molecule has 0 amide bonds. The largest absolute Gasteiger partial charge is 0.384 e. The smallest absolute Gasteiger partial charge is 0.227 e. The highest BCUT2D eigenvalue weighted by Crippen LogP contribution is 2.39. The molecule has 1 saturated heterocycles. The number of piperazine rings is 1. The first-order valence-corrected chi connectivity index (χ1v) is 13.3. The Balaban J connectivity index is 1.35. The number of aryl methyl sites for hydroxylation is 2. The van der Waals surface area contributed by atoms with Crippen LogP contribution >= 0.6 is 11.3 Å². The van der Waals surface area contributed by atoms with Crippen LogP contribution in [0.1, 0.15) is 53.5 Å². The van der Waals surface area contributed by atoms with Gasteiger partial charge in [-0.1, -0.05) is 13.8 Å². The van der Waals surface area contributed by atoms with Gasteiger partial charge in [-0.2, -0.15) is 4.98 Å². The molecule has 2 aliphatic rings. The van der Waals surface area contributed by atoms with Crippen molar-refractivity contribution in [3.8, 4) is 0 Å². The summed E-state index contributed by atoms with van der Waals surface area (Å²) in [6.07, 6.45) is 5.83. The van der Waals surface area contributed by atoms with Gasteiger partial charge in [-0.15, -0.1) is 11.3 Å². The highest BCUT2D eigenvalue weighted by atomic mass is 32.1. The lowest BCUT2D eigenvalue weighted by atomic mass is 9.76. The molecule has 0 spiro atoms. The Hall–Kier alpha value is -3.01. The number of hydrogen-bond donors (Lipinski definition) is 2. The van der Waals surface area contributed by atoms with Crippen LogP contribution < -0.4 is 20.9 Å². The molecule has 3 N–H and O–H groups in total. The Kier molecular flexibility index (Phi) is 6.48. The Bertz CT molecular complexity index is 1200. The number of nitrogens with two attached hydrogens (primary N) is 1. The third kappa shape index (κ3) is 5.03. The molecule has 10 heteroatoms. The summed E-state index contributed by atoms with van der Waals surface area (Å²) in [5.74, 6) is 3.20. The molecule has 5 rings (SSSR count). The molecule has 1 fully saturated rings. The number of thiazole rings is 1. The van der Waals surface area contributed by atoms with Crippen LogP contribution in [-0.4, -0.2) is 57.6 Å². The molecule has 0 bridgehead atoms. The van der Waals surface area contributed by atoms with Crippen molar-refractivity contribution in [1.29, 1.82) is 0 Å². The SMILES string of the molecule is Cc1nc(C)c(CCNc2nc(N3CCN(c4cc(N)ncn4)CC3)nc3c2CCCC3(C)C)s1. The van der Waals surface area contributed by atoms with Gasteiger partial charge in [0.1, 0.15) is 23.8 Å². The van der Waals surface area contributed by atoms with E-state index in [0.29, 0.717) is 5.82 Å². The van der Waals surface area contributed by atoms with Crippen molar-refractivity contribution >= 4 is 34.7 Å². The summed E-state index contributed by atoms with van der Waals surface area (Å²) in [6, 6.07) is 1.84. The molecule has 0 aromatic carbocycles. The van der Waals surface area contributed by atoms with Crippen LogP contribution in [0.2, 0.25) is 0 Å². The standard InChI is InChI=1S/C25H35N9S/c1-16-19(35-17(2)30-16)7-9-27-23-18-6-5-8-25(3,4)22(18)31-24(32-23)34-12-10-33(11-13-34)21-14-20(26)28-15-29-21/h14-15H,5-13H2,1-4H3,(H2,26,28,29)(H,27,31,32). The van der Waals surface area contributed by atoms with Gasteiger partial charge in [-0.3, -0.25) is 0 Å². The molecule has 4 heterocycles. The first-order chi connectivity index (χ1) is 16.8. The Labute approximate surface area is 211 Å². The third-order valence-electron chi connectivity index (χ3n) is 7.07. The van der Waals surface area contributed by atoms with Crippen LogP contribution in [-0.2, 0) is 18.3 Å². The van der Waals surface area contributed by atoms with E-state index in [1.54, 1.807) is 11.3 Å². The Morgan fingerprint density at radius 3 is 2.54 bits per heavy atom. The molecule has 186 valence electrons. The summed E-state index contributed by atoms with van der Waals surface area (Å²) in [6.45, 7) is 13.0. The maximum atomic E-state index is 5.86. The zero-order chi connectivity index (χ0) is 24.6. The van der Waals surface area contributed by atoms with E-state index in [1.807, 2.05) is 6.07 Å². The molecular formula is C25H35N9S. The number of nitrogens with zero attached hydrogens (tertiary/aromatic N) is 7. The van der Waals surface area contributed by atoms with Gasteiger partial charge in [0.2, 0.25) is 5.95 Å². The normalized spacial score (nSPS) is 17.4. The van der Waals surface area contributed by atoms with Gasteiger partial charge in [0.15, 0.2) is 0 Å². The molecular weight excluding hydrogens is 458 g/mol. The van der Waals surface area contributed by atoms with Crippen LogP contribution in [0.25, 0.3) is 0 Å². The van der Waals surface area contributed by atoms with E-state index in [1.165, 1.54) is 28.9 Å². The van der Waals surface area contributed by atoms with Crippen molar-refractivity contribution in [2.24, 2.45) is 0 Å². The summed E-state index contributed by atoms with van der Waals surface area (Å²) in [4.78, 5) is 29.1. The quantitative estimate of drug-likeness (QED) is 0.533. The molecule has 0 saturated carbocycles. The fourth-order valence-electron chi connectivity index (χ4n) is 5.15. The predicted octanol–water partition coefficient (Wildman–Crippen LogP) is 3.52. The van der Waals surface area contributed by atoms with Gasteiger partial charge in [0.25, 0.3) is 0 Å². The van der Waals surface area contributed by atoms with E-state index in [9.17, 15) is 0 Å². The average Bonchev–Trinajstić information content (AvgIpc) is 3.16. The fraction of sp³-hybridized carbons (Fsp3) is 0.560. The summed E-state index contributed by atoms with van der Waals surface area (Å²) < 4.78 is 0. The number of anilines is 4. The van der Waals surface area contributed by atoms with Crippen LogP contribution in [0.15, 0.2) is 12.4 Å². The highest BCUT2D eigenvalue weighted by Gasteiger charge is 2.33. The summed E-state index contributed by atoms with van der Waals surface area (Å²) >= 11 is 1.79. The molecule has 0 atom stereocenters. The van der Waals surface area contributed by atoms with Crippen molar-refractivity contribution in [3.63, 3.8) is 0 Å². The lowest BCUT2D eigenvalue weighted by Gasteiger charge is -2.37. The zero-order valence-corrected chi connectivity index (χ0v) is 22.0. The molecule has 0 radical (unpaired) electrons. The van der Waals surface area contributed by atoms with Gasteiger partial charge in [-0.05, 0) is 33.1 Å². The van der Waals surface area contributed by atoms with Crippen molar-refractivity contribution in [2.75, 3.05) is 53.6 Å². The van der Waals surface area contributed by atoms with Crippen LogP contribution in [0.4, 0.5) is 23.4 Å². The van der Waals surface area contributed by atoms with E-state index in [4.69, 9.17) is 15.7 Å². The maximum Gasteiger partial charge on any atom is 0.227 e. The monoisotopic (exact) mass is 493 g/mol. The van der Waals surface area contributed by atoms with E-state index < -0.39 is 0 Å². The topological polar surface area (TPSA) is 109 Å². The predicted molar refractivity (Wildman–Crippen MR) is 143 cm³/mol. The van der Waals surface area contributed by atoms with Crippen LogP contribution in [0, 0.1) is 13.8 Å². The Morgan fingerprint density at radius 2 is 1.83 bits per heavy atom. The Morgan fingerprint density at radius 1 is 1.06 bits per heavy atom. The number of hydrogen-bond acceptors (Lipinski definition) is 10. The molecule has 3 aromatic rings. The molecule has 3 aromatic heterocycles. The number of nitrogens with one attached hydrogen (secondary N) is 1. The van der Waals surface area contributed by atoms with Gasteiger partial charge >= 0.3 is 0 Å².